The Bertz CT molecular complexity index is 488. The highest BCUT2D eigenvalue weighted by Crippen LogP contribution is 2.11. The topological polar surface area (TPSA) is 43.8 Å². The number of nitrogens with two attached hydrogens (primary N) is 1. The fraction of sp³-hybridized carbons (Fsp3) is 0.250. The standard InChI is InChI=1S/C12H13F2N3/c13-10-5-9(6-11(14)7-10)8-17-4-3-16-12(17)1-2-15/h3-7H,1-2,8,15H2. The number of hydrogen-bond donors (Lipinski definition) is 1. The van der Waals surface area contributed by atoms with Gasteiger partial charge in [-0.25, -0.2) is 13.8 Å². The van der Waals surface area contributed by atoms with Crippen LogP contribution >= 0.6 is 0 Å². The molecule has 2 aromatic rings. The molecule has 0 amide bonds. The first kappa shape index (κ1) is 11.7. The van der Waals surface area contributed by atoms with E-state index in [1.807, 2.05) is 4.57 Å². The Labute approximate surface area is 97.9 Å². The van der Waals surface area contributed by atoms with E-state index in [9.17, 15) is 8.78 Å². The van der Waals surface area contributed by atoms with Crippen LogP contribution in [0.25, 0.3) is 0 Å². The number of aromatic nitrogens is 2. The van der Waals surface area contributed by atoms with Gasteiger partial charge < -0.3 is 10.3 Å². The summed E-state index contributed by atoms with van der Waals surface area (Å²) in [5.74, 6) is -0.321. The van der Waals surface area contributed by atoms with Crippen LogP contribution in [0.15, 0.2) is 30.6 Å². The molecular weight excluding hydrogens is 224 g/mol. The van der Waals surface area contributed by atoms with Crippen LogP contribution < -0.4 is 5.73 Å². The van der Waals surface area contributed by atoms with Crippen LogP contribution in [0.2, 0.25) is 0 Å². The van der Waals surface area contributed by atoms with Crippen LogP contribution in [0.5, 0.6) is 0 Å². The lowest BCUT2D eigenvalue weighted by molar-refractivity contribution is 0.576. The summed E-state index contributed by atoms with van der Waals surface area (Å²) < 4.78 is 27.9. The first-order valence-electron chi connectivity index (χ1n) is 5.34. The Morgan fingerprint density at radius 1 is 1.18 bits per heavy atom. The second-order valence-electron chi connectivity index (χ2n) is 3.79. The molecule has 90 valence electrons. The number of nitrogens with zero attached hydrogens (tertiary/aromatic N) is 2. The maximum atomic E-state index is 13.0. The van der Waals surface area contributed by atoms with Crippen LogP contribution in [-0.2, 0) is 13.0 Å². The van der Waals surface area contributed by atoms with Gasteiger partial charge in [-0.15, -0.1) is 0 Å². The molecule has 1 aromatic heterocycles. The van der Waals surface area contributed by atoms with Crippen molar-refractivity contribution in [3.8, 4) is 0 Å². The van der Waals surface area contributed by atoms with Crippen LogP contribution in [0.3, 0.4) is 0 Å². The molecule has 1 aromatic carbocycles. The SMILES string of the molecule is NCCc1nccn1Cc1cc(F)cc(F)c1. The van der Waals surface area contributed by atoms with E-state index < -0.39 is 11.6 Å². The van der Waals surface area contributed by atoms with Crippen molar-refractivity contribution >= 4 is 0 Å². The molecule has 5 heteroatoms. The zero-order valence-corrected chi connectivity index (χ0v) is 9.24. The highest BCUT2D eigenvalue weighted by atomic mass is 19.1. The molecule has 0 unspecified atom stereocenters. The molecule has 2 rings (SSSR count). The van der Waals surface area contributed by atoms with E-state index in [2.05, 4.69) is 4.98 Å². The Hall–Kier alpha value is -1.75. The van der Waals surface area contributed by atoms with Gasteiger partial charge in [-0.2, -0.15) is 0 Å². The highest BCUT2D eigenvalue weighted by Gasteiger charge is 2.05. The average molecular weight is 237 g/mol. The van der Waals surface area contributed by atoms with Gasteiger partial charge in [0.2, 0.25) is 0 Å². The quantitative estimate of drug-likeness (QED) is 0.879. The summed E-state index contributed by atoms with van der Waals surface area (Å²) in [6.45, 7) is 0.887. The largest absolute Gasteiger partial charge is 0.330 e. The third-order valence-corrected chi connectivity index (χ3v) is 2.44. The van der Waals surface area contributed by atoms with Crippen molar-refractivity contribution in [1.29, 1.82) is 0 Å². The van der Waals surface area contributed by atoms with Gasteiger partial charge in [0.1, 0.15) is 17.5 Å². The van der Waals surface area contributed by atoms with E-state index in [4.69, 9.17) is 5.73 Å². The molecule has 0 saturated heterocycles. The fourth-order valence-electron chi connectivity index (χ4n) is 1.74. The zero-order chi connectivity index (χ0) is 12.3. The van der Waals surface area contributed by atoms with Crippen molar-refractivity contribution < 1.29 is 8.78 Å². The van der Waals surface area contributed by atoms with Crippen LogP contribution in [0.4, 0.5) is 8.78 Å². The molecule has 3 nitrogen and oxygen atoms in total. The van der Waals surface area contributed by atoms with Crippen molar-refractivity contribution in [2.45, 2.75) is 13.0 Å². The molecule has 0 saturated carbocycles. The highest BCUT2D eigenvalue weighted by molar-refractivity contribution is 5.18. The molecule has 0 aliphatic carbocycles. The summed E-state index contributed by atoms with van der Waals surface area (Å²) in [6.07, 6.45) is 4.07. The summed E-state index contributed by atoms with van der Waals surface area (Å²) >= 11 is 0. The van der Waals surface area contributed by atoms with Gasteiger partial charge in [-0.1, -0.05) is 0 Å². The van der Waals surface area contributed by atoms with E-state index in [1.165, 1.54) is 12.1 Å². The van der Waals surface area contributed by atoms with Gasteiger partial charge in [0.25, 0.3) is 0 Å². The fourth-order valence-corrected chi connectivity index (χ4v) is 1.74. The van der Waals surface area contributed by atoms with Gasteiger partial charge in [0.15, 0.2) is 0 Å². The normalized spacial score (nSPS) is 10.8. The summed E-state index contributed by atoms with van der Waals surface area (Å²) in [6, 6.07) is 3.49. The predicted molar refractivity (Wildman–Crippen MR) is 60.4 cm³/mol. The van der Waals surface area contributed by atoms with Crippen molar-refractivity contribution in [3.63, 3.8) is 0 Å². The molecule has 0 fully saturated rings. The molecule has 17 heavy (non-hydrogen) atoms. The number of imidazole rings is 1. The van der Waals surface area contributed by atoms with Crippen molar-refractivity contribution in [3.05, 3.63) is 53.6 Å². The van der Waals surface area contributed by atoms with Gasteiger partial charge >= 0.3 is 0 Å². The number of benzene rings is 1. The third-order valence-electron chi connectivity index (χ3n) is 2.44. The molecule has 2 N–H and O–H groups in total. The molecule has 0 spiro atoms. The molecule has 0 radical (unpaired) electrons. The van der Waals surface area contributed by atoms with Gasteiger partial charge in [-0.3, -0.25) is 0 Å². The van der Waals surface area contributed by atoms with Crippen LogP contribution in [-0.4, -0.2) is 16.1 Å². The summed E-state index contributed by atoms with van der Waals surface area (Å²) in [4.78, 5) is 4.14. The van der Waals surface area contributed by atoms with Gasteiger partial charge in [-0.05, 0) is 24.2 Å². The van der Waals surface area contributed by atoms with E-state index in [1.54, 1.807) is 12.4 Å². The molecule has 0 atom stereocenters. The minimum Gasteiger partial charge on any atom is -0.330 e. The lowest BCUT2D eigenvalue weighted by Gasteiger charge is -2.07. The van der Waals surface area contributed by atoms with Crippen LogP contribution in [0, 0.1) is 11.6 Å². The lowest BCUT2D eigenvalue weighted by atomic mass is 10.2. The third kappa shape index (κ3) is 2.88. The molecule has 0 aliphatic rings. The maximum Gasteiger partial charge on any atom is 0.126 e. The molecular formula is C12H13F2N3. The number of hydrogen-bond acceptors (Lipinski definition) is 2. The minimum absolute atomic E-state index is 0.393. The Morgan fingerprint density at radius 3 is 2.53 bits per heavy atom. The minimum atomic E-state index is -0.569. The van der Waals surface area contributed by atoms with E-state index >= 15 is 0 Å². The lowest BCUT2D eigenvalue weighted by Crippen LogP contribution is -2.10. The summed E-state index contributed by atoms with van der Waals surface area (Å²) in [7, 11) is 0. The van der Waals surface area contributed by atoms with E-state index in [0.29, 0.717) is 25.1 Å². The maximum absolute atomic E-state index is 13.0. The smallest absolute Gasteiger partial charge is 0.126 e. The Kier molecular flexibility index (Phi) is 3.49. The first-order valence-corrected chi connectivity index (χ1v) is 5.34. The van der Waals surface area contributed by atoms with Crippen molar-refractivity contribution in [1.82, 2.24) is 9.55 Å². The van der Waals surface area contributed by atoms with Crippen LogP contribution in [0.1, 0.15) is 11.4 Å². The Morgan fingerprint density at radius 2 is 1.88 bits per heavy atom. The summed E-state index contributed by atoms with van der Waals surface area (Å²) in [5, 5.41) is 0. The van der Waals surface area contributed by atoms with Crippen molar-refractivity contribution in [2.75, 3.05) is 6.54 Å². The monoisotopic (exact) mass is 237 g/mol. The molecule has 0 aliphatic heterocycles. The summed E-state index contributed by atoms with van der Waals surface area (Å²) in [5.41, 5.74) is 6.03. The number of halogens is 2. The van der Waals surface area contributed by atoms with E-state index in [0.717, 1.165) is 11.9 Å². The van der Waals surface area contributed by atoms with Gasteiger partial charge in [0.05, 0.1) is 0 Å². The van der Waals surface area contributed by atoms with Gasteiger partial charge in [0, 0.05) is 31.4 Å². The Balaban J connectivity index is 2.22. The van der Waals surface area contributed by atoms with E-state index in [-0.39, 0.29) is 0 Å². The molecule has 1 heterocycles. The first-order chi connectivity index (χ1) is 8.19. The van der Waals surface area contributed by atoms with Crippen molar-refractivity contribution in [2.24, 2.45) is 5.73 Å². The average Bonchev–Trinajstić information content (AvgIpc) is 2.65. The number of rotatable bonds is 4. The molecule has 0 bridgehead atoms. The zero-order valence-electron chi connectivity index (χ0n) is 9.24. The second-order valence-corrected chi connectivity index (χ2v) is 3.79. The predicted octanol–water partition coefficient (Wildman–Crippen LogP) is 1.71. The second kappa shape index (κ2) is 5.05.